The van der Waals surface area contributed by atoms with Crippen LogP contribution in [0.4, 0.5) is 0 Å². The number of hydrogen-bond donors (Lipinski definition) is 2. The van der Waals surface area contributed by atoms with Gasteiger partial charge in [-0.3, -0.25) is 4.79 Å². The van der Waals surface area contributed by atoms with Gasteiger partial charge in [0.15, 0.2) is 0 Å². The van der Waals surface area contributed by atoms with Gasteiger partial charge in [-0.2, -0.15) is 0 Å². The molecule has 0 spiro atoms. The molecular weight excluding hydrogens is 282 g/mol. The lowest BCUT2D eigenvalue weighted by Gasteiger charge is -2.33. The van der Waals surface area contributed by atoms with Crippen LogP contribution in [0, 0.1) is 0 Å². The number of halogens is 1. The van der Waals surface area contributed by atoms with Gasteiger partial charge in [0.05, 0.1) is 0 Å². The van der Waals surface area contributed by atoms with Gasteiger partial charge >= 0.3 is 0 Å². The highest BCUT2D eigenvalue weighted by atomic mass is 79.9. The number of carbonyl (C=O) groups is 1. The zero-order chi connectivity index (χ0) is 12.0. The molecule has 1 aromatic rings. The molecule has 1 aromatic heterocycles. The monoisotopic (exact) mass is 297 g/mol. The minimum atomic E-state index is 0.0273. The van der Waals surface area contributed by atoms with Crippen molar-refractivity contribution in [2.75, 3.05) is 0 Å². The lowest BCUT2D eigenvalue weighted by Crippen LogP contribution is -2.50. The molecule has 17 heavy (non-hydrogen) atoms. The summed E-state index contributed by atoms with van der Waals surface area (Å²) in [7, 11) is 0. The molecule has 2 saturated carbocycles. The van der Waals surface area contributed by atoms with Gasteiger partial charge in [0.1, 0.15) is 5.69 Å². The second-order valence-electron chi connectivity index (χ2n) is 5.08. The number of hydrogen-bond acceptors (Lipinski definition) is 2. The summed E-state index contributed by atoms with van der Waals surface area (Å²) in [6.45, 7) is 0. The van der Waals surface area contributed by atoms with Crippen LogP contribution >= 0.6 is 15.9 Å². The maximum Gasteiger partial charge on any atom is 0.268 e. The smallest absolute Gasteiger partial charge is 0.268 e. The molecule has 3 rings (SSSR count). The molecule has 4 nitrogen and oxygen atoms in total. The zero-order valence-electron chi connectivity index (χ0n) is 9.53. The minimum Gasteiger partial charge on any atom is -0.348 e. The molecule has 2 fully saturated rings. The first-order valence-corrected chi connectivity index (χ1v) is 6.86. The van der Waals surface area contributed by atoms with Crippen LogP contribution in [-0.4, -0.2) is 22.6 Å². The van der Waals surface area contributed by atoms with Crippen LogP contribution in [0.15, 0.2) is 16.7 Å². The van der Waals surface area contributed by atoms with Gasteiger partial charge in [0.2, 0.25) is 0 Å². The van der Waals surface area contributed by atoms with Crippen molar-refractivity contribution in [2.24, 2.45) is 5.73 Å². The highest BCUT2D eigenvalue weighted by molar-refractivity contribution is 9.10. The van der Waals surface area contributed by atoms with Crippen molar-refractivity contribution < 1.29 is 4.79 Å². The fraction of sp³-hybridized carbons (Fsp3) is 0.583. The lowest BCUT2D eigenvalue weighted by molar-refractivity contribution is 0.0900. The molecule has 0 atom stereocenters. The van der Waals surface area contributed by atoms with Gasteiger partial charge in [-0.25, -0.2) is 0 Å². The second-order valence-corrected chi connectivity index (χ2v) is 6.00. The predicted octanol–water partition coefficient (Wildman–Crippen LogP) is 1.80. The van der Waals surface area contributed by atoms with E-state index in [9.17, 15) is 4.79 Å². The van der Waals surface area contributed by atoms with Crippen LogP contribution < -0.4 is 11.1 Å². The van der Waals surface area contributed by atoms with E-state index in [1.54, 1.807) is 0 Å². The molecule has 5 heteroatoms. The average molecular weight is 298 g/mol. The first-order chi connectivity index (χ1) is 8.13. The van der Waals surface area contributed by atoms with Gasteiger partial charge < -0.3 is 15.6 Å². The first kappa shape index (κ1) is 11.3. The molecule has 0 aliphatic heterocycles. The van der Waals surface area contributed by atoms with Gasteiger partial charge in [-0.05, 0) is 47.7 Å². The maximum absolute atomic E-state index is 12.1. The third-order valence-electron chi connectivity index (χ3n) is 3.50. The summed E-state index contributed by atoms with van der Waals surface area (Å²) in [5.41, 5.74) is 6.48. The molecule has 0 radical (unpaired) electrons. The summed E-state index contributed by atoms with van der Waals surface area (Å²) in [6, 6.07) is 2.94. The number of nitrogens with one attached hydrogen (secondary N) is 1. The maximum atomic E-state index is 12.1. The van der Waals surface area contributed by atoms with Crippen LogP contribution in [0.3, 0.4) is 0 Å². The standard InChI is InChI=1S/C12H16BrN3O/c13-7-3-11(16(6-7)10-1-2-10)12(17)15-9-4-8(14)5-9/h3,6,8-10H,1-2,4-5,14H2,(H,15,17). The SMILES string of the molecule is NC1CC(NC(=O)c2cc(Br)cn2C2CC2)C1. The Morgan fingerprint density at radius 3 is 2.76 bits per heavy atom. The van der Waals surface area contributed by atoms with E-state index in [0.717, 1.165) is 23.0 Å². The molecule has 2 aliphatic rings. The van der Waals surface area contributed by atoms with Crippen molar-refractivity contribution in [2.45, 2.75) is 43.8 Å². The summed E-state index contributed by atoms with van der Waals surface area (Å²) in [5, 5.41) is 3.04. The van der Waals surface area contributed by atoms with Gasteiger partial charge in [0.25, 0.3) is 5.91 Å². The van der Waals surface area contributed by atoms with E-state index in [-0.39, 0.29) is 18.0 Å². The minimum absolute atomic E-state index is 0.0273. The Kier molecular flexibility index (Phi) is 2.75. The Bertz CT molecular complexity index is 447. The van der Waals surface area contributed by atoms with Crippen LogP contribution in [0.5, 0.6) is 0 Å². The topological polar surface area (TPSA) is 60.0 Å². The number of nitrogens with two attached hydrogens (primary N) is 1. The summed E-state index contributed by atoms with van der Waals surface area (Å²) < 4.78 is 3.05. The third-order valence-corrected chi connectivity index (χ3v) is 3.93. The number of amides is 1. The van der Waals surface area contributed by atoms with Gasteiger partial charge in [0, 0.05) is 28.8 Å². The van der Waals surface area contributed by atoms with E-state index in [4.69, 9.17) is 5.73 Å². The first-order valence-electron chi connectivity index (χ1n) is 6.07. The normalized spacial score (nSPS) is 27.6. The molecule has 92 valence electrons. The quantitative estimate of drug-likeness (QED) is 0.894. The molecule has 1 amide bonds. The summed E-state index contributed by atoms with van der Waals surface area (Å²) in [4.78, 5) is 12.1. The second kappa shape index (κ2) is 4.14. The van der Waals surface area contributed by atoms with E-state index in [0.29, 0.717) is 6.04 Å². The number of rotatable bonds is 3. The van der Waals surface area contributed by atoms with E-state index in [1.807, 2.05) is 12.3 Å². The molecule has 0 aromatic carbocycles. The summed E-state index contributed by atoms with van der Waals surface area (Å²) in [6.07, 6.45) is 6.15. The van der Waals surface area contributed by atoms with Crippen molar-refractivity contribution in [3.63, 3.8) is 0 Å². The number of aromatic nitrogens is 1. The van der Waals surface area contributed by atoms with E-state index in [1.165, 1.54) is 12.8 Å². The van der Waals surface area contributed by atoms with Gasteiger partial charge in [-0.15, -0.1) is 0 Å². The fourth-order valence-corrected chi connectivity index (χ4v) is 2.76. The van der Waals surface area contributed by atoms with Crippen molar-refractivity contribution in [3.05, 3.63) is 22.4 Å². The van der Waals surface area contributed by atoms with Crippen molar-refractivity contribution in [1.29, 1.82) is 0 Å². The lowest BCUT2D eigenvalue weighted by atomic mass is 9.87. The van der Waals surface area contributed by atoms with Crippen LogP contribution in [0.25, 0.3) is 0 Å². The van der Waals surface area contributed by atoms with E-state index in [2.05, 4.69) is 25.8 Å². The molecule has 0 saturated heterocycles. The predicted molar refractivity (Wildman–Crippen MR) is 68.9 cm³/mol. The highest BCUT2D eigenvalue weighted by Crippen LogP contribution is 2.37. The molecule has 0 unspecified atom stereocenters. The Morgan fingerprint density at radius 2 is 2.18 bits per heavy atom. The Hall–Kier alpha value is -0.810. The molecule has 0 bridgehead atoms. The largest absolute Gasteiger partial charge is 0.348 e. The van der Waals surface area contributed by atoms with Crippen molar-refractivity contribution >= 4 is 21.8 Å². The number of nitrogens with zero attached hydrogens (tertiary/aromatic N) is 1. The molecule has 1 heterocycles. The van der Waals surface area contributed by atoms with E-state index < -0.39 is 0 Å². The van der Waals surface area contributed by atoms with E-state index >= 15 is 0 Å². The molecule has 2 aliphatic carbocycles. The fourth-order valence-electron chi connectivity index (χ4n) is 2.32. The van der Waals surface area contributed by atoms with Crippen LogP contribution in [-0.2, 0) is 0 Å². The Morgan fingerprint density at radius 1 is 1.47 bits per heavy atom. The van der Waals surface area contributed by atoms with Crippen LogP contribution in [0.2, 0.25) is 0 Å². The molecule has 3 N–H and O–H groups in total. The van der Waals surface area contributed by atoms with Crippen molar-refractivity contribution in [3.8, 4) is 0 Å². The summed E-state index contributed by atoms with van der Waals surface area (Å²) >= 11 is 3.43. The Balaban J connectivity index is 1.71. The third kappa shape index (κ3) is 2.26. The zero-order valence-corrected chi connectivity index (χ0v) is 11.1. The summed E-state index contributed by atoms with van der Waals surface area (Å²) in [5.74, 6) is 0.0273. The molecular formula is C12H16BrN3O. The highest BCUT2D eigenvalue weighted by Gasteiger charge is 2.31. The number of carbonyl (C=O) groups excluding carboxylic acids is 1. The average Bonchev–Trinajstić information content (AvgIpc) is 3.00. The van der Waals surface area contributed by atoms with Crippen LogP contribution in [0.1, 0.15) is 42.2 Å². The van der Waals surface area contributed by atoms with Crippen molar-refractivity contribution in [1.82, 2.24) is 9.88 Å². The Labute approximate surface area is 109 Å². The van der Waals surface area contributed by atoms with Gasteiger partial charge in [-0.1, -0.05) is 0 Å².